The van der Waals surface area contributed by atoms with Crippen molar-refractivity contribution >= 4 is 35.3 Å². The maximum atomic E-state index is 12.2. The number of aryl methyl sites for hydroxylation is 1. The second-order valence-corrected chi connectivity index (χ2v) is 7.66. The van der Waals surface area contributed by atoms with Crippen molar-refractivity contribution in [1.29, 1.82) is 0 Å². The molecule has 0 bridgehead atoms. The number of hydrazone groups is 1. The predicted octanol–water partition coefficient (Wildman–Crippen LogP) is 5.68. The van der Waals surface area contributed by atoms with Gasteiger partial charge in [0.05, 0.1) is 16.8 Å². The predicted molar refractivity (Wildman–Crippen MR) is 108 cm³/mol. The molecule has 2 aromatic rings. The summed E-state index contributed by atoms with van der Waals surface area (Å²) in [6, 6.07) is 7.45. The van der Waals surface area contributed by atoms with Gasteiger partial charge in [-0.25, -0.2) is 5.43 Å². The number of hydrogen-bond acceptors (Lipinski definition) is 2. The molecule has 0 aliphatic heterocycles. The number of nitrogens with one attached hydrogen (secondary N) is 1. The number of benzene rings is 1. The maximum Gasteiger partial charge on any atom is 0.272 e. The summed E-state index contributed by atoms with van der Waals surface area (Å²) in [4.78, 5) is 12.2. The zero-order valence-corrected chi connectivity index (χ0v) is 16.6. The van der Waals surface area contributed by atoms with Crippen molar-refractivity contribution < 1.29 is 4.79 Å². The molecule has 26 heavy (non-hydrogen) atoms. The van der Waals surface area contributed by atoms with Gasteiger partial charge in [0.25, 0.3) is 5.91 Å². The van der Waals surface area contributed by atoms with Crippen molar-refractivity contribution in [2.45, 2.75) is 52.0 Å². The van der Waals surface area contributed by atoms with Gasteiger partial charge in [0.1, 0.15) is 0 Å². The molecular weight excluding hydrogens is 369 g/mol. The number of carbonyl (C=O) groups is 1. The Hall–Kier alpha value is -1.78. The number of rotatable bonds is 4. The quantitative estimate of drug-likeness (QED) is 0.528. The fourth-order valence-corrected chi connectivity index (χ4v) is 4.22. The minimum atomic E-state index is -0.357. The van der Waals surface area contributed by atoms with Crippen LogP contribution in [-0.2, 0) is 0 Å². The van der Waals surface area contributed by atoms with Crippen molar-refractivity contribution in [2.24, 2.45) is 5.10 Å². The highest BCUT2D eigenvalue weighted by Crippen LogP contribution is 2.31. The first-order valence-electron chi connectivity index (χ1n) is 8.94. The lowest BCUT2D eigenvalue weighted by atomic mass is 9.95. The fraction of sp³-hybridized carbons (Fsp3) is 0.400. The molecule has 1 heterocycles. The van der Waals surface area contributed by atoms with Gasteiger partial charge in [-0.3, -0.25) is 4.79 Å². The number of carbonyl (C=O) groups excluding carboxylic acids is 1. The van der Waals surface area contributed by atoms with Gasteiger partial charge in [0.2, 0.25) is 0 Å². The molecule has 0 saturated heterocycles. The molecule has 1 aliphatic rings. The van der Waals surface area contributed by atoms with Crippen molar-refractivity contribution in [3.05, 3.63) is 56.8 Å². The molecule has 0 radical (unpaired) electrons. The zero-order valence-electron chi connectivity index (χ0n) is 15.1. The summed E-state index contributed by atoms with van der Waals surface area (Å²) in [6.07, 6.45) is 8.09. The minimum Gasteiger partial charge on any atom is -0.345 e. The van der Waals surface area contributed by atoms with Crippen LogP contribution >= 0.6 is 23.2 Å². The van der Waals surface area contributed by atoms with Crippen LogP contribution in [0.3, 0.4) is 0 Å². The summed E-state index contributed by atoms with van der Waals surface area (Å²) in [5, 5.41) is 4.91. The van der Waals surface area contributed by atoms with E-state index in [1.807, 2.05) is 0 Å². The van der Waals surface area contributed by atoms with Crippen molar-refractivity contribution in [1.82, 2.24) is 9.99 Å². The van der Waals surface area contributed by atoms with E-state index in [1.54, 1.807) is 24.4 Å². The molecule has 0 spiro atoms. The third-order valence-electron chi connectivity index (χ3n) is 5.01. The van der Waals surface area contributed by atoms with Crippen LogP contribution in [0, 0.1) is 13.8 Å². The van der Waals surface area contributed by atoms with Crippen molar-refractivity contribution in [3.8, 4) is 0 Å². The summed E-state index contributed by atoms with van der Waals surface area (Å²) in [5.74, 6) is -0.357. The van der Waals surface area contributed by atoms with E-state index >= 15 is 0 Å². The molecule has 6 heteroatoms. The molecule has 1 N–H and O–H groups in total. The summed E-state index contributed by atoms with van der Waals surface area (Å²) >= 11 is 11.9. The van der Waals surface area contributed by atoms with Crippen LogP contribution in [-0.4, -0.2) is 16.7 Å². The smallest absolute Gasteiger partial charge is 0.272 e. The monoisotopic (exact) mass is 391 g/mol. The molecule has 1 fully saturated rings. The van der Waals surface area contributed by atoms with Crippen LogP contribution in [0.4, 0.5) is 0 Å². The molecule has 1 saturated carbocycles. The Morgan fingerprint density at radius 1 is 1.19 bits per heavy atom. The van der Waals surface area contributed by atoms with Gasteiger partial charge in [0, 0.05) is 28.0 Å². The van der Waals surface area contributed by atoms with Gasteiger partial charge < -0.3 is 4.57 Å². The largest absolute Gasteiger partial charge is 0.345 e. The third-order valence-corrected chi connectivity index (χ3v) is 5.56. The molecule has 1 aliphatic carbocycles. The lowest BCUT2D eigenvalue weighted by Crippen LogP contribution is -2.18. The van der Waals surface area contributed by atoms with Crippen LogP contribution < -0.4 is 5.43 Å². The first-order valence-corrected chi connectivity index (χ1v) is 9.70. The van der Waals surface area contributed by atoms with Crippen LogP contribution in [0.5, 0.6) is 0 Å². The second kappa shape index (κ2) is 8.28. The normalized spacial score (nSPS) is 15.5. The highest BCUT2D eigenvalue weighted by atomic mass is 35.5. The van der Waals surface area contributed by atoms with E-state index in [1.165, 1.54) is 43.5 Å². The van der Waals surface area contributed by atoms with Crippen LogP contribution in [0.15, 0.2) is 29.4 Å². The average Bonchev–Trinajstić information content (AvgIpc) is 2.89. The highest BCUT2D eigenvalue weighted by molar-refractivity contribution is 6.36. The fourth-order valence-electron chi connectivity index (χ4n) is 3.73. The highest BCUT2D eigenvalue weighted by Gasteiger charge is 2.19. The number of hydrogen-bond donors (Lipinski definition) is 1. The van der Waals surface area contributed by atoms with Crippen LogP contribution in [0.25, 0.3) is 0 Å². The standard InChI is InChI=1S/C20H23Cl2N3O/c1-13-10-15(14(2)25(13)17-6-4-3-5-7-17)12-23-24-20(26)18-9-8-16(21)11-19(18)22/h8-12,17H,3-7H2,1-2H3,(H,24,26)/b23-12-. The van der Waals surface area contributed by atoms with E-state index in [4.69, 9.17) is 23.2 Å². The van der Waals surface area contributed by atoms with E-state index in [2.05, 4.69) is 35.0 Å². The molecule has 4 nitrogen and oxygen atoms in total. The van der Waals surface area contributed by atoms with Gasteiger partial charge >= 0.3 is 0 Å². The van der Waals surface area contributed by atoms with Gasteiger partial charge in [-0.1, -0.05) is 42.5 Å². The van der Waals surface area contributed by atoms with E-state index in [9.17, 15) is 4.79 Å². The van der Waals surface area contributed by atoms with E-state index in [0.29, 0.717) is 21.7 Å². The van der Waals surface area contributed by atoms with Crippen molar-refractivity contribution in [3.63, 3.8) is 0 Å². The van der Waals surface area contributed by atoms with Gasteiger partial charge in [0.15, 0.2) is 0 Å². The van der Waals surface area contributed by atoms with Gasteiger partial charge in [-0.05, 0) is 51.0 Å². The van der Waals surface area contributed by atoms with Crippen LogP contribution in [0.1, 0.15) is 65.5 Å². The Balaban J connectivity index is 1.71. The molecule has 1 aromatic heterocycles. The van der Waals surface area contributed by atoms with Crippen molar-refractivity contribution in [2.75, 3.05) is 0 Å². The molecule has 138 valence electrons. The van der Waals surface area contributed by atoms with E-state index in [-0.39, 0.29) is 5.91 Å². The Kier molecular flexibility index (Phi) is 6.05. The SMILES string of the molecule is Cc1cc(/C=N\NC(=O)c2ccc(Cl)cc2Cl)c(C)n1C1CCCCC1. The lowest BCUT2D eigenvalue weighted by Gasteiger charge is -2.26. The van der Waals surface area contributed by atoms with Gasteiger partial charge in [-0.2, -0.15) is 5.10 Å². The van der Waals surface area contributed by atoms with E-state index in [0.717, 1.165) is 5.56 Å². The molecule has 0 unspecified atom stereocenters. The second-order valence-electron chi connectivity index (χ2n) is 6.81. The number of halogens is 2. The number of amides is 1. The summed E-state index contributed by atoms with van der Waals surface area (Å²) in [6.45, 7) is 4.24. The lowest BCUT2D eigenvalue weighted by molar-refractivity contribution is 0.0955. The summed E-state index contributed by atoms with van der Waals surface area (Å²) < 4.78 is 2.42. The van der Waals surface area contributed by atoms with Gasteiger partial charge in [-0.15, -0.1) is 0 Å². The maximum absolute atomic E-state index is 12.2. The molecule has 1 amide bonds. The first-order chi connectivity index (χ1) is 12.5. The third kappa shape index (κ3) is 4.13. The zero-order chi connectivity index (χ0) is 18.7. The Morgan fingerprint density at radius 2 is 1.92 bits per heavy atom. The molecule has 3 rings (SSSR count). The topological polar surface area (TPSA) is 46.4 Å². The minimum absolute atomic E-state index is 0.306. The van der Waals surface area contributed by atoms with E-state index < -0.39 is 0 Å². The Morgan fingerprint density at radius 3 is 2.62 bits per heavy atom. The van der Waals surface area contributed by atoms with Crippen LogP contribution in [0.2, 0.25) is 10.0 Å². The Bertz CT molecular complexity index is 836. The Labute approximate surface area is 164 Å². The first kappa shape index (κ1) is 19.0. The molecular formula is C20H23Cl2N3O. The summed E-state index contributed by atoms with van der Waals surface area (Å²) in [7, 11) is 0. The number of aromatic nitrogens is 1. The number of nitrogens with zero attached hydrogens (tertiary/aromatic N) is 2. The molecule has 1 aromatic carbocycles. The average molecular weight is 392 g/mol. The summed E-state index contributed by atoms with van der Waals surface area (Å²) in [5.41, 5.74) is 6.34. The molecule has 0 atom stereocenters.